The molecule has 0 radical (unpaired) electrons. The summed E-state index contributed by atoms with van der Waals surface area (Å²) in [5.74, 6) is 0. The van der Waals surface area contributed by atoms with Gasteiger partial charge in [0.25, 0.3) is 0 Å². The van der Waals surface area contributed by atoms with E-state index in [0.717, 1.165) is 18.5 Å². The molecule has 0 unspecified atom stereocenters. The highest BCUT2D eigenvalue weighted by Crippen LogP contribution is 2.20. The van der Waals surface area contributed by atoms with Crippen molar-refractivity contribution >= 4 is 5.69 Å². The molecule has 0 aliphatic rings. The Morgan fingerprint density at radius 3 is 2.87 bits per heavy atom. The summed E-state index contributed by atoms with van der Waals surface area (Å²) in [6.07, 6.45) is 3.81. The van der Waals surface area contributed by atoms with Crippen molar-refractivity contribution in [3.05, 3.63) is 24.0 Å². The average Bonchev–Trinajstić information content (AvgIpc) is 2.17. The van der Waals surface area contributed by atoms with E-state index < -0.39 is 0 Å². The summed E-state index contributed by atoms with van der Waals surface area (Å²) in [6, 6.07) is 5.82. The van der Waals surface area contributed by atoms with Crippen molar-refractivity contribution in [1.29, 1.82) is 5.26 Å². The zero-order chi connectivity index (χ0) is 11.3. The fraction of sp³-hybridized carbons (Fsp3) is 0.500. The molecule has 0 amide bonds. The van der Waals surface area contributed by atoms with Crippen molar-refractivity contribution in [3.8, 4) is 6.07 Å². The first-order valence-electron chi connectivity index (χ1n) is 5.22. The normalized spacial score (nSPS) is 10.8. The van der Waals surface area contributed by atoms with E-state index in [9.17, 15) is 0 Å². The van der Waals surface area contributed by atoms with Crippen molar-refractivity contribution in [2.75, 3.05) is 5.32 Å². The van der Waals surface area contributed by atoms with E-state index in [-0.39, 0.29) is 5.54 Å². The molecule has 0 spiro atoms. The maximum Gasteiger partial charge on any atom is 0.163 e. The van der Waals surface area contributed by atoms with Gasteiger partial charge in [-0.25, -0.2) is 4.98 Å². The van der Waals surface area contributed by atoms with Crippen LogP contribution in [0.15, 0.2) is 18.3 Å². The summed E-state index contributed by atoms with van der Waals surface area (Å²) in [4.78, 5) is 4.02. The highest BCUT2D eigenvalue weighted by Gasteiger charge is 2.17. The summed E-state index contributed by atoms with van der Waals surface area (Å²) in [6.45, 7) is 6.41. The van der Waals surface area contributed by atoms with Crippen LogP contribution in [-0.2, 0) is 0 Å². The molecule has 0 aliphatic heterocycles. The van der Waals surface area contributed by atoms with E-state index in [1.807, 2.05) is 12.1 Å². The molecule has 0 fully saturated rings. The molecular formula is C12H17N3. The Hall–Kier alpha value is -1.56. The van der Waals surface area contributed by atoms with Gasteiger partial charge >= 0.3 is 0 Å². The molecule has 1 rings (SSSR count). The van der Waals surface area contributed by atoms with E-state index in [1.54, 1.807) is 6.20 Å². The molecule has 0 atom stereocenters. The molecule has 3 heteroatoms. The minimum atomic E-state index is 0.00336. The first kappa shape index (κ1) is 11.5. The van der Waals surface area contributed by atoms with E-state index >= 15 is 0 Å². The zero-order valence-corrected chi connectivity index (χ0v) is 9.54. The summed E-state index contributed by atoms with van der Waals surface area (Å²) in [5, 5.41) is 12.2. The third kappa shape index (κ3) is 3.25. The highest BCUT2D eigenvalue weighted by atomic mass is 15.0. The average molecular weight is 203 g/mol. The Morgan fingerprint density at radius 1 is 1.53 bits per heavy atom. The number of nitrogens with zero attached hydrogens (tertiary/aromatic N) is 2. The smallest absolute Gasteiger partial charge is 0.163 e. The van der Waals surface area contributed by atoms with Gasteiger partial charge in [0.1, 0.15) is 6.07 Å². The van der Waals surface area contributed by atoms with Crippen molar-refractivity contribution in [2.24, 2.45) is 0 Å². The number of pyridine rings is 1. The van der Waals surface area contributed by atoms with Crippen molar-refractivity contribution in [1.82, 2.24) is 4.98 Å². The molecule has 1 N–H and O–H groups in total. The van der Waals surface area contributed by atoms with Crippen molar-refractivity contribution in [3.63, 3.8) is 0 Å². The second-order valence-electron chi connectivity index (χ2n) is 4.27. The third-order valence-electron chi connectivity index (χ3n) is 2.26. The summed E-state index contributed by atoms with van der Waals surface area (Å²) < 4.78 is 0. The Labute approximate surface area is 91.1 Å². The minimum Gasteiger partial charge on any atom is -0.378 e. The van der Waals surface area contributed by atoms with Gasteiger partial charge in [-0.15, -0.1) is 0 Å². The second kappa shape index (κ2) is 4.79. The van der Waals surface area contributed by atoms with Crippen LogP contribution in [0.1, 0.15) is 39.3 Å². The number of nitrogens with one attached hydrogen (secondary N) is 1. The van der Waals surface area contributed by atoms with Crippen LogP contribution in [-0.4, -0.2) is 10.5 Å². The lowest BCUT2D eigenvalue weighted by molar-refractivity contribution is 0.510. The van der Waals surface area contributed by atoms with E-state index in [0.29, 0.717) is 5.69 Å². The molecule has 1 heterocycles. The molecular weight excluding hydrogens is 186 g/mol. The molecule has 0 bridgehead atoms. The van der Waals surface area contributed by atoms with E-state index in [1.165, 1.54) is 0 Å². The highest BCUT2D eigenvalue weighted by molar-refractivity contribution is 5.54. The van der Waals surface area contributed by atoms with Crippen LogP contribution in [0, 0.1) is 11.3 Å². The summed E-state index contributed by atoms with van der Waals surface area (Å²) in [7, 11) is 0. The predicted molar refractivity (Wildman–Crippen MR) is 61.6 cm³/mol. The molecule has 0 aliphatic carbocycles. The molecule has 1 aromatic heterocycles. The fourth-order valence-electron chi connectivity index (χ4n) is 1.65. The van der Waals surface area contributed by atoms with Crippen LogP contribution in [0.3, 0.4) is 0 Å². The van der Waals surface area contributed by atoms with Gasteiger partial charge < -0.3 is 5.32 Å². The predicted octanol–water partition coefficient (Wildman–Crippen LogP) is 2.94. The lowest BCUT2D eigenvalue weighted by atomic mass is 9.98. The standard InChI is InChI=1S/C12H17N3/c1-4-7-12(2,3)15-10-6-5-8-14-11(10)9-13/h5-6,8,15H,4,7H2,1-3H3. The van der Waals surface area contributed by atoms with Crippen LogP contribution in [0.25, 0.3) is 0 Å². The molecule has 0 aromatic carbocycles. The van der Waals surface area contributed by atoms with Crippen LogP contribution in [0.4, 0.5) is 5.69 Å². The number of nitriles is 1. The first-order chi connectivity index (χ1) is 7.09. The van der Waals surface area contributed by atoms with Crippen LogP contribution in [0.2, 0.25) is 0 Å². The fourth-order valence-corrected chi connectivity index (χ4v) is 1.65. The molecule has 1 aromatic rings. The number of rotatable bonds is 4. The van der Waals surface area contributed by atoms with Gasteiger partial charge in [0, 0.05) is 11.7 Å². The van der Waals surface area contributed by atoms with Gasteiger partial charge in [-0.1, -0.05) is 13.3 Å². The minimum absolute atomic E-state index is 0.00336. The lowest BCUT2D eigenvalue weighted by Gasteiger charge is -2.27. The number of hydrogen-bond donors (Lipinski definition) is 1. The molecule has 0 saturated heterocycles. The number of hydrogen-bond acceptors (Lipinski definition) is 3. The maximum absolute atomic E-state index is 8.89. The Bertz CT molecular complexity index is 363. The van der Waals surface area contributed by atoms with Gasteiger partial charge in [-0.2, -0.15) is 5.26 Å². The molecule has 15 heavy (non-hydrogen) atoms. The lowest BCUT2D eigenvalue weighted by Crippen LogP contribution is -2.30. The summed E-state index contributed by atoms with van der Waals surface area (Å²) in [5.41, 5.74) is 1.28. The summed E-state index contributed by atoms with van der Waals surface area (Å²) >= 11 is 0. The van der Waals surface area contributed by atoms with E-state index in [2.05, 4.69) is 37.1 Å². The van der Waals surface area contributed by atoms with Crippen LogP contribution >= 0.6 is 0 Å². The topological polar surface area (TPSA) is 48.7 Å². The van der Waals surface area contributed by atoms with Gasteiger partial charge in [-0.3, -0.25) is 0 Å². The first-order valence-corrected chi connectivity index (χ1v) is 5.22. The third-order valence-corrected chi connectivity index (χ3v) is 2.26. The Morgan fingerprint density at radius 2 is 2.27 bits per heavy atom. The van der Waals surface area contributed by atoms with E-state index in [4.69, 9.17) is 5.26 Å². The van der Waals surface area contributed by atoms with Gasteiger partial charge in [0.05, 0.1) is 5.69 Å². The molecule has 0 saturated carbocycles. The van der Waals surface area contributed by atoms with Gasteiger partial charge in [0.15, 0.2) is 5.69 Å². The van der Waals surface area contributed by atoms with Crippen LogP contribution in [0.5, 0.6) is 0 Å². The maximum atomic E-state index is 8.89. The van der Waals surface area contributed by atoms with Crippen molar-refractivity contribution < 1.29 is 0 Å². The number of anilines is 1. The Kier molecular flexibility index (Phi) is 3.68. The monoisotopic (exact) mass is 203 g/mol. The largest absolute Gasteiger partial charge is 0.378 e. The van der Waals surface area contributed by atoms with Crippen LogP contribution < -0.4 is 5.32 Å². The zero-order valence-electron chi connectivity index (χ0n) is 9.54. The second-order valence-corrected chi connectivity index (χ2v) is 4.27. The molecule has 80 valence electrons. The number of aromatic nitrogens is 1. The quantitative estimate of drug-likeness (QED) is 0.818. The van der Waals surface area contributed by atoms with Crippen molar-refractivity contribution in [2.45, 2.75) is 39.2 Å². The van der Waals surface area contributed by atoms with Gasteiger partial charge in [-0.05, 0) is 32.4 Å². The molecule has 3 nitrogen and oxygen atoms in total. The SMILES string of the molecule is CCCC(C)(C)Nc1cccnc1C#N. The van der Waals surface area contributed by atoms with Gasteiger partial charge in [0.2, 0.25) is 0 Å². The Balaban J connectivity index is 2.85.